The molecule has 0 heterocycles. The topological polar surface area (TPSA) is 52.6 Å². The summed E-state index contributed by atoms with van der Waals surface area (Å²) in [5.41, 5.74) is -0.770. The van der Waals surface area contributed by atoms with Gasteiger partial charge in [0.2, 0.25) is 0 Å². The molecule has 0 aromatic rings. The lowest BCUT2D eigenvalue weighted by Gasteiger charge is -2.61. The fourth-order valence-corrected chi connectivity index (χ4v) is 6.04. The highest BCUT2D eigenvalue weighted by Gasteiger charge is 2.59. The first-order valence-electron chi connectivity index (χ1n) is 13.0. The number of rotatable bonds is 6. The third kappa shape index (κ3) is 6.29. The van der Waals surface area contributed by atoms with Gasteiger partial charge in [-0.05, 0) is 118 Å². The Hall–Kier alpha value is -1.06. The van der Waals surface area contributed by atoms with Gasteiger partial charge in [-0.3, -0.25) is 9.59 Å². The molecule has 4 rings (SSSR count). The number of hydrogen-bond acceptors (Lipinski definition) is 4. The summed E-state index contributed by atoms with van der Waals surface area (Å²) in [5.74, 6) is 2.61. The van der Waals surface area contributed by atoms with Crippen molar-refractivity contribution in [2.75, 3.05) is 0 Å². The molecule has 4 fully saturated rings. The fourth-order valence-electron chi connectivity index (χ4n) is 6.04. The number of ether oxygens (including phenoxy) is 2. The van der Waals surface area contributed by atoms with Crippen LogP contribution in [0.1, 0.15) is 121 Å². The molecular weight excluding hydrogens is 400 g/mol. The first kappa shape index (κ1) is 27.2. The second-order valence-electron chi connectivity index (χ2n) is 13.2. The van der Waals surface area contributed by atoms with E-state index in [2.05, 4.69) is 20.8 Å². The maximum Gasteiger partial charge on any atom is 0.312 e. The van der Waals surface area contributed by atoms with E-state index in [1.165, 1.54) is 38.5 Å². The maximum atomic E-state index is 12.6. The van der Waals surface area contributed by atoms with Crippen LogP contribution in [0.5, 0.6) is 0 Å². The Morgan fingerprint density at radius 3 is 1.62 bits per heavy atom. The Kier molecular flexibility index (Phi) is 8.21. The lowest BCUT2D eigenvalue weighted by molar-refractivity contribution is -0.206. The van der Waals surface area contributed by atoms with Crippen LogP contribution in [-0.2, 0) is 19.1 Å². The predicted octanol–water partition coefficient (Wildman–Crippen LogP) is 7.34. The van der Waals surface area contributed by atoms with E-state index >= 15 is 0 Å². The van der Waals surface area contributed by atoms with E-state index in [0.717, 1.165) is 30.6 Å². The molecule has 1 unspecified atom stereocenters. The molecule has 0 aromatic carbocycles. The van der Waals surface area contributed by atoms with E-state index in [4.69, 9.17) is 9.47 Å². The van der Waals surface area contributed by atoms with E-state index in [1.807, 2.05) is 48.5 Å². The van der Waals surface area contributed by atoms with Gasteiger partial charge in [0.05, 0.1) is 11.3 Å². The van der Waals surface area contributed by atoms with Crippen molar-refractivity contribution in [1.82, 2.24) is 0 Å². The monoisotopic (exact) mass is 450 g/mol. The minimum absolute atomic E-state index is 0.00857. The standard InChI is InChI=1S/C19H32O2.C9H18O2/c1-6-17(2,3)16(20)21-18(4,5)19-10-13-7-14(11-19)9-15(8-13)12-19;1-6-7(2)8(10)11-9(3,4)5/h13-15H,6-12H2,1-5H3;7H,6H2,1-5H3. The van der Waals surface area contributed by atoms with Gasteiger partial charge < -0.3 is 9.47 Å². The molecule has 0 saturated heterocycles. The first-order valence-corrected chi connectivity index (χ1v) is 13.0. The average molecular weight is 451 g/mol. The van der Waals surface area contributed by atoms with Crippen LogP contribution in [0.3, 0.4) is 0 Å². The molecule has 186 valence electrons. The Labute approximate surface area is 197 Å². The summed E-state index contributed by atoms with van der Waals surface area (Å²) in [5, 5.41) is 0. The van der Waals surface area contributed by atoms with Crippen LogP contribution in [0, 0.1) is 34.5 Å². The molecule has 4 saturated carbocycles. The molecule has 0 spiro atoms. The zero-order chi connectivity index (χ0) is 24.5. The normalized spacial score (nSPS) is 30.2. The second-order valence-corrected chi connectivity index (χ2v) is 13.2. The molecule has 0 N–H and O–H groups in total. The Bertz CT molecular complexity index is 632. The highest BCUT2D eigenvalue weighted by Crippen LogP contribution is 2.64. The van der Waals surface area contributed by atoms with Crippen molar-refractivity contribution in [2.24, 2.45) is 34.5 Å². The largest absolute Gasteiger partial charge is 0.460 e. The molecule has 32 heavy (non-hydrogen) atoms. The molecular formula is C28H50O4. The predicted molar refractivity (Wildman–Crippen MR) is 130 cm³/mol. The zero-order valence-electron chi connectivity index (χ0n) is 22.6. The fraction of sp³-hybridized carbons (Fsp3) is 0.929. The van der Waals surface area contributed by atoms with Crippen LogP contribution in [0.2, 0.25) is 0 Å². The number of esters is 2. The van der Waals surface area contributed by atoms with E-state index in [0.29, 0.717) is 0 Å². The van der Waals surface area contributed by atoms with Crippen molar-refractivity contribution in [1.29, 1.82) is 0 Å². The van der Waals surface area contributed by atoms with Gasteiger partial charge in [0.15, 0.2) is 0 Å². The summed E-state index contributed by atoms with van der Waals surface area (Å²) in [6.07, 6.45) is 9.83. The number of hydrogen-bond donors (Lipinski definition) is 0. The van der Waals surface area contributed by atoms with Crippen molar-refractivity contribution in [3.63, 3.8) is 0 Å². The van der Waals surface area contributed by atoms with Crippen LogP contribution in [0.25, 0.3) is 0 Å². The summed E-state index contributed by atoms with van der Waals surface area (Å²) in [7, 11) is 0. The van der Waals surface area contributed by atoms with E-state index < -0.39 is 0 Å². The van der Waals surface area contributed by atoms with E-state index in [1.54, 1.807) is 0 Å². The van der Waals surface area contributed by atoms with Crippen LogP contribution in [0.4, 0.5) is 0 Å². The van der Waals surface area contributed by atoms with Gasteiger partial charge in [0, 0.05) is 5.41 Å². The van der Waals surface area contributed by atoms with Crippen molar-refractivity contribution >= 4 is 11.9 Å². The summed E-state index contributed by atoms with van der Waals surface area (Å²) in [4.78, 5) is 23.7. The molecule has 4 bridgehead atoms. The summed E-state index contributed by atoms with van der Waals surface area (Å²) >= 11 is 0. The average Bonchev–Trinajstić information content (AvgIpc) is 2.65. The van der Waals surface area contributed by atoms with Crippen LogP contribution in [0.15, 0.2) is 0 Å². The minimum Gasteiger partial charge on any atom is -0.460 e. The molecule has 1 atom stereocenters. The molecule has 4 aliphatic carbocycles. The van der Waals surface area contributed by atoms with Gasteiger partial charge in [-0.25, -0.2) is 0 Å². The molecule has 4 aliphatic rings. The third-order valence-corrected chi connectivity index (χ3v) is 8.52. The zero-order valence-corrected chi connectivity index (χ0v) is 22.6. The van der Waals surface area contributed by atoms with E-state index in [9.17, 15) is 9.59 Å². The van der Waals surface area contributed by atoms with Gasteiger partial charge in [0.1, 0.15) is 11.2 Å². The van der Waals surface area contributed by atoms with Crippen molar-refractivity contribution < 1.29 is 19.1 Å². The minimum atomic E-state index is -0.362. The van der Waals surface area contributed by atoms with Crippen molar-refractivity contribution in [3.05, 3.63) is 0 Å². The highest BCUT2D eigenvalue weighted by atomic mass is 16.6. The quantitative estimate of drug-likeness (QED) is 0.397. The lowest BCUT2D eigenvalue weighted by Crippen LogP contribution is -2.58. The molecule has 0 radical (unpaired) electrons. The van der Waals surface area contributed by atoms with Gasteiger partial charge in [-0.1, -0.05) is 20.8 Å². The molecule has 0 amide bonds. The Morgan fingerprint density at radius 2 is 1.28 bits per heavy atom. The van der Waals surface area contributed by atoms with Crippen LogP contribution in [-0.4, -0.2) is 23.1 Å². The third-order valence-electron chi connectivity index (χ3n) is 8.52. The Balaban J connectivity index is 0.000000282. The molecule has 4 heteroatoms. The smallest absolute Gasteiger partial charge is 0.312 e. The second kappa shape index (κ2) is 9.66. The van der Waals surface area contributed by atoms with Gasteiger partial charge >= 0.3 is 11.9 Å². The summed E-state index contributed by atoms with van der Waals surface area (Å²) in [6.45, 7) is 20.0. The SMILES string of the molecule is CCC(C)(C)C(=O)OC(C)(C)C12CC3CC(CC(C3)C1)C2.CCC(C)C(=O)OC(C)(C)C. The molecule has 4 nitrogen and oxygen atoms in total. The first-order chi connectivity index (χ1) is 14.5. The number of carbonyl (C=O) groups is 2. The summed E-state index contributed by atoms with van der Waals surface area (Å²) < 4.78 is 11.3. The van der Waals surface area contributed by atoms with Crippen molar-refractivity contribution in [2.45, 2.75) is 132 Å². The van der Waals surface area contributed by atoms with E-state index in [-0.39, 0.29) is 39.9 Å². The van der Waals surface area contributed by atoms with Gasteiger partial charge in [0.25, 0.3) is 0 Å². The van der Waals surface area contributed by atoms with Crippen LogP contribution < -0.4 is 0 Å². The lowest BCUT2D eigenvalue weighted by atomic mass is 9.46. The maximum absolute atomic E-state index is 12.6. The summed E-state index contributed by atoms with van der Waals surface area (Å²) in [6, 6.07) is 0. The van der Waals surface area contributed by atoms with Gasteiger partial charge in [-0.15, -0.1) is 0 Å². The van der Waals surface area contributed by atoms with Crippen LogP contribution >= 0.6 is 0 Å². The Morgan fingerprint density at radius 1 is 0.844 bits per heavy atom. The number of carbonyl (C=O) groups excluding carboxylic acids is 2. The van der Waals surface area contributed by atoms with Crippen molar-refractivity contribution in [3.8, 4) is 0 Å². The highest BCUT2D eigenvalue weighted by molar-refractivity contribution is 5.76. The molecule has 0 aliphatic heterocycles. The van der Waals surface area contributed by atoms with Gasteiger partial charge in [-0.2, -0.15) is 0 Å². The molecule has 0 aromatic heterocycles.